The molecular formula is C8H9N3O4. The van der Waals surface area contributed by atoms with Gasteiger partial charge >= 0.3 is 12.0 Å². The van der Waals surface area contributed by atoms with Gasteiger partial charge in [0.05, 0.1) is 19.0 Å². The van der Waals surface area contributed by atoms with Gasteiger partial charge in [0.1, 0.15) is 5.69 Å². The Hall–Kier alpha value is -2.15. The Balaban J connectivity index is 2.90. The van der Waals surface area contributed by atoms with Gasteiger partial charge in [-0.1, -0.05) is 0 Å². The van der Waals surface area contributed by atoms with Gasteiger partial charge in [-0.05, 0) is 12.1 Å². The van der Waals surface area contributed by atoms with Gasteiger partial charge in [-0.3, -0.25) is 5.21 Å². The van der Waals surface area contributed by atoms with Gasteiger partial charge in [0.15, 0.2) is 0 Å². The zero-order chi connectivity index (χ0) is 11.4. The molecule has 1 heterocycles. The normalized spacial score (nSPS) is 9.47. The van der Waals surface area contributed by atoms with Crippen molar-refractivity contribution in [3.8, 4) is 0 Å². The van der Waals surface area contributed by atoms with Gasteiger partial charge < -0.3 is 10.5 Å². The fraction of sp³-hybridized carbons (Fsp3) is 0.125. The Bertz CT molecular complexity index is 376. The molecule has 80 valence electrons. The molecule has 3 N–H and O–H groups in total. The summed E-state index contributed by atoms with van der Waals surface area (Å²) >= 11 is 0. The average Bonchev–Trinajstić information content (AvgIpc) is 2.27. The Morgan fingerprint density at radius 3 is 2.60 bits per heavy atom. The Morgan fingerprint density at radius 1 is 1.53 bits per heavy atom. The van der Waals surface area contributed by atoms with Crippen molar-refractivity contribution < 1.29 is 19.5 Å². The molecule has 7 nitrogen and oxygen atoms in total. The Kier molecular flexibility index (Phi) is 3.19. The number of carbonyl (C=O) groups is 2. The van der Waals surface area contributed by atoms with E-state index in [-0.39, 0.29) is 16.4 Å². The number of rotatable bonds is 2. The maximum atomic E-state index is 11.0. The quantitative estimate of drug-likeness (QED) is 0.411. The standard InChI is InChI=1S/C8H9N3O4/c1-15-7(12)6-3-2-5(4-10-6)11(14)8(9)13/h2-4,14H,1H3,(H2,9,13). The van der Waals surface area contributed by atoms with E-state index in [1.54, 1.807) is 0 Å². The minimum absolute atomic E-state index is 0.0650. The number of hydrogen-bond acceptors (Lipinski definition) is 5. The van der Waals surface area contributed by atoms with Gasteiger partial charge in [0.2, 0.25) is 0 Å². The highest BCUT2D eigenvalue weighted by Gasteiger charge is 2.11. The van der Waals surface area contributed by atoms with Gasteiger partial charge in [-0.2, -0.15) is 5.06 Å². The fourth-order valence-electron chi connectivity index (χ4n) is 0.864. The molecule has 0 aliphatic rings. The number of amides is 2. The van der Waals surface area contributed by atoms with E-state index in [2.05, 4.69) is 9.72 Å². The molecule has 0 aliphatic heterocycles. The maximum Gasteiger partial charge on any atom is 0.356 e. The van der Waals surface area contributed by atoms with Crippen molar-refractivity contribution in [2.45, 2.75) is 0 Å². The first-order chi connectivity index (χ1) is 7.06. The highest BCUT2D eigenvalue weighted by atomic mass is 16.5. The topological polar surface area (TPSA) is 106 Å². The fourth-order valence-corrected chi connectivity index (χ4v) is 0.864. The van der Waals surface area contributed by atoms with E-state index in [0.717, 1.165) is 6.20 Å². The van der Waals surface area contributed by atoms with Crippen molar-refractivity contribution in [1.29, 1.82) is 0 Å². The lowest BCUT2D eigenvalue weighted by molar-refractivity contribution is 0.0594. The monoisotopic (exact) mass is 211 g/mol. The number of primary amides is 1. The number of aromatic nitrogens is 1. The summed E-state index contributed by atoms with van der Waals surface area (Å²) in [6.07, 6.45) is 1.12. The number of esters is 1. The molecule has 7 heteroatoms. The molecule has 1 rings (SSSR count). The summed E-state index contributed by atoms with van der Waals surface area (Å²) in [5, 5.41) is 9.30. The van der Waals surface area contributed by atoms with E-state index in [9.17, 15) is 9.59 Å². The summed E-state index contributed by atoms with van der Waals surface area (Å²) in [5.41, 5.74) is 4.94. The van der Waals surface area contributed by atoms with Crippen LogP contribution in [0.5, 0.6) is 0 Å². The molecule has 0 bridgehead atoms. The minimum atomic E-state index is -1.04. The smallest absolute Gasteiger partial charge is 0.356 e. The van der Waals surface area contributed by atoms with Crippen molar-refractivity contribution in [2.75, 3.05) is 12.2 Å². The number of nitrogens with two attached hydrogens (primary N) is 1. The highest BCUT2D eigenvalue weighted by Crippen LogP contribution is 2.10. The molecule has 0 atom stereocenters. The third-order valence-electron chi connectivity index (χ3n) is 1.60. The van der Waals surface area contributed by atoms with Crippen LogP contribution in [0.4, 0.5) is 10.5 Å². The van der Waals surface area contributed by atoms with E-state index >= 15 is 0 Å². The molecule has 0 spiro atoms. The van der Waals surface area contributed by atoms with E-state index in [4.69, 9.17) is 10.9 Å². The molecule has 15 heavy (non-hydrogen) atoms. The second kappa shape index (κ2) is 4.38. The van der Waals surface area contributed by atoms with Crippen LogP contribution in [0.25, 0.3) is 0 Å². The number of pyridine rings is 1. The van der Waals surface area contributed by atoms with Gasteiger partial charge in [0.25, 0.3) is 0 Å². The lowest BCUT2D eigenvalue weighted by atomic mass is 10.3. The van der Waals surface area contributed by atoms with Crippen LogP contribution in [0.15, 0.2) is 18.3 Å². The number of anilines is 1. The number of methoxy groups -OCH3 is 1. The second-order valence-corrected chi connectivity index (χ2v) is 2.54. The van der Waals surface area contributed by atoms with Gasteiger partial charge in [0, 0.05) is 0 Å². The molecule has 0 unspecified atom stereocenters. The van der Waals surface area contributed by atoms with Crippen LogP contribution in [0.3, 0.4) is 0 Å². The molecule has 0 aromatic carbocycles. The first-order valence-corrected chi connectivity index (χ1v) is 3.89. The zero-order valence-corrected chi connectivity index (χ0v) is 7.88. The molecule has 0 saturated carbocycles. The first-order valence-electron chi connectivity index (χ1n) is 3.89. The molecule has 0 aliphatic carbocycles. The largest absolute Gasteiger partial charge is 0.464 e. The van der Waals surface area contributed by atoms with Crippen LogP contribution in [0.1, 0.15) is 10.5 Å². The van der Waals surface area contributed by atoms with Crippen molar-refractivity contribution >= 4 is 17.7 Å². The van der Waals surface area contributed by atoms with Crippen molar-refractivity contribution in [3.63, 3.8) is 0 Å². The molecular weight excluding hydrogens is 202 g/mol. The summed E-state index contributed by atoms with van der Waals surface area (Å²) in [6.45, 7) is 0. The van der Waals surface area contributed by atoms with Crippen LogP contribution in [0, 0.1) is 0 Å². The zero-order valence-electron chi connectivity index (χ0n) is 7.88. The summed E-state index contributed by atoms with van der Waals surface area (Å²) in [7, 11) is 1.22. The van der Waals surface area contributed by atoms with Crippen LogP contribution < -0.4 is 10.8 Å². The molecule has 1 aromatic rings. The molecule has 2 amide bonds. The lowest BCUT2D eigenvalue weighted by Gasteiger charge is -2.10. The van der Waals surface area contributed by atoms with E-state index in [0.29, 0.717) is 0 Å². The average molecular weight is 211 g/mol. The second-order valence-electron chi connectivity index (χ2n) is 2.54. The van der Waals surface area contributed by atoms with Crippen LogP contribution in [-0.2, 0) is 4.74 Å². The number of hydrogen-bond donors (Lipinski definition) is 2. The summed E-state index contributed by atoms with van der Waals surface area (Å²) in [5.74, 6) is -0.606. The number of nitrogens with zero attached hydrogens (tertiary/aromatic N) is 2. The SMILES string of the molecule is COC(=O)c1ccc(N(O)C(N)=O)cn1. The van der Waals surface area contributed by atoms with Crippen molar-refractivity contribution in [3.05, 3.63) is 24.0 Å². The maximum absolute atomic E-state index is 11.0. The lowest BCUT2D eigenvalue weighted by Crippen LogP contribution is -2.32. The van der Waals surface area contributed by atoms with Crippen molar-refractivity contribution in [2.24, 2.45) is 5.73 Å². The summed E-state index contributed by atoms with van der Waals surface area (Å²) < 4.78 is 4.41. The Morgan fingerprint density at radius 2 is 2.20 bits per heavy atom. The van der Waals surface area contributed by atoms with Gasteiger partial charge in [-0.15, -0.1) is 0 Å². The number of ether oxygens (including phenoxy) is 1. The van der Waals surface area contributed by atoms with Crippen LogP contribution in [0.2, 0.25) is 0 Å². The minimum Gasteiger partial charge on any atom is -0.464 e. The van der Waals surface area contributed by atoms with Crippen molar-refractivity contribution in [1.82, 2.24) is 4.98 Å². The predicted molar refractivity (Wildman–Crippen MR) is 49.4 cm³/mol. The molecule has 0 fully saturated rings. The van der Waals surface area contributed by atoms with E-state index in [1.165, 1.54) is 19.2 Å². The number of carbonyl (C=O) groups excluding carboxylic acids is 2. The molecule has 1 aromatic heterocycles. The molecule has 0 radical (unpaired) electrons. The van der Waals surface area contributed by atoms with E-state index < -0.39 is 12.0 Å². The van der Waals surface area contributed by atoms with Gasteiger partial charge in [-0.25, -0.2) is 14.6 Å². The summed E-state index contributed by atoms with van der Waals surface area (Å²) in [4.78, 5) is 25.2. The highest BCUT2D eigenvalue weighted by molar-refractivity contribution is 5.90. The van der Waals surface area contributed by atoms with Crippen LogP contribution >= 0.6 is 0 Å². The number of urea groups is 1. The van der Waals surface area contributed by atoms with E-state index in [1.807, 2.05) is 0 Å². The number of hydroxylamine groups is 1. The summed E-state index contributed by atoms with van der Waals surface area (Å²) in [6, 6.07) is 1.57. The third-order valence-corrected chi connectivity index (χ3v) is 1.60. The van der Waals surface area contributed by atoms with Crippen LogP contribution in [-0.4, -0.2) is 29.3 Å². The predicted octanol–water partition coefficient (Wildman–Crippen LogP) is 0.143. The third kappa shape index (κ3) is 2.41. The first kappa shape index (κ1) is 10.9. The Labute approximate surface area is 85.0 Å². The molecule has 0 saturated heterocycles.